The minimum atomic E-state index is -0.502. The molecule has 1 aliphatic rings. The SMILES string of the molecule is COC1(C(C)C)COCCO1. The van der Waals surface area contributed by atoms with Crippen LogP contribution in [0.2, 0.25) is 0 Å². The topological polar surface area (TPSA) is 27.7 Å². The molecule has 0 aromatic heterocycles. The van der Waals surface area contributed by atoms with Crippen LogP contribution >= 0.6 is 0 Å². The molecule has 1 heterocycles. The van der Waals surface area contributed by atoms with Crippen LogP contribution in [0, 0.1) is 5.92 Å². The monoisotopic (exact) mass is 160 g/mol. The number of ether oxygens (including phenoxy) is 3. The van der Waals surface area contributed by atoms with Crippen molar-refractivity contribution in [3.05, 3.63) is 0 Å². The molecule has 0 bridgehead atoms. The van der Waals surface area contributed by atoms with E-state index in [-0.39, 0.29) is 0 Å². The average molecular weight is 160 g/mol. The average Bonchev–Trinajstić information content (AvgIpc) is 2.05. The molecule has 1 atom stereocenters. The first-order valence-corrected chi connectivity index (χ1v) is 3.98. The summed E-state index contributed by atoms with van der Waals surface area (Å²) in [5.74, 6) is -0.175. The first-order valence-electron chi connectivity index (χ1n) is 3.98. The highest BCUT2D eigenvalue weighted by Gasteiger charge is 2.37. The minimum absolute atomic E-state index is 0.327. The maximum absolute atomic E-state index is 5.53. The summed E-state index contributed by atoms with van der Waals surface area (Å²) >= 11 is 0. The van der Waals surface area contributed by atoms with E-state index in [0.29, 0.717) is 25.7 Å². The van der Waals surface area contributed by atoms with Crippen LogP contribution in [0.3, 0.4) is 0 Å². The van der Waals surface area contributed by atoms with Crippen LogP contribution in [0.5, 0.6) is 0 Å². The summed E-state index contributed by atoms with van der Waals surface area (Å²) in [5.41, 5.74) is 0. The molecular formula is C8H16O3. The second kappa shape index (κ2) is 3.52. The fraction of sp³-hybridized carbons (Fsp3) is 1.00. The summed E-state index contributed by atoms with van der Waals surface area (Å²) in [7, 11) is 1.66. The van der Waals surface area contributed by atoms with Crippen molar-refractivity contribution in [3.8, 4) is 0 Å². The molecule has 11 heavy (non-hydrogen) atoms. The molecule has 0 aromatic carbocycles. The van der Waals surface area contributed by atoms with E-state index < -0.39 is 5.79 Å². The highest BCUT2D eigenvalue weighted by atomic mass is 16.7. The number of methoxy groups -OCH3 is 1. The van der Waals surface area contributed by atoms with E-state index in [1.807, 2.05) is 0 Å². The van der Waals surface area contributed by atoms with Gasteiger partial charge in [-0.25, -0.2) is 0 Å². The van der Waals surface area contributed by atoms with Gasteiger partial charge in [0.05, 0.1) is 13.2 Å². The fourth-order valence-corrected chi connectivity index (χ4v) is 1.22. The third-order valence-corrected chi connectivity index (χ3v) is 2.10. The van der Waals surface area contributed by atoms with Crippen molar-refractivity contribution in [1.29, 1.82) is 0 Å². The van der Waals surface area contributed by atoms with Crippen LogP contribution in [-0.4, -0.2) is 32.7 Å². The molecule has 1 unspecified atom stereocenters. The molecule has 1 rings (SSSR count). The van der Waals surface area contributed by atoms with Crippen molar-refractivity contribution < 1.29 is 14.2 Å². The lowest BCUT2D eigenvalue weighted by atomic mass is 10.0. The van der Waals surface area contributed by atoms with E-state index in [2.05, 4.69) is 13.8 Å². The molecule has 1 fully saturated rings. The van der Waals surface area contributed by atoms with Gasteiger partial charge in [0.15, 0.2) is 5.79 Å². The first-order chi connectivity index (χ1) is 5.21. The largest absolute Gasteiger partial charge is 0.373 e. The van der Waals surface area contributed by atoms with Crippen molar-refractivity contribution in [2.75, 3.05) is 26.9 Å². The van der Waals surface area contributed by atoms with Crippen LogP contribution in [-0.2, 0) is 14.2 Å². The molecule has 3 nitrogen and oxygen atoms in total. The van der Waals surface area contributed by atoms with Crippen LogP contribution in [0.25, 0.3) is 0 Å². The lowest BCUT2D eigenvalue weighted by Gasteiger charge is -2.38. The molecule has 0 N–H and O–H groups in total. The normalized spacial score (nSPS) is 32.7. The van der Waals surface area contributed by atoms with Crippen molar-refractivity contribution in [3.63, 3.8) is 0 Å². The van der Waals surface area contributed by atoms with Gasteiger partial charge in [0, 0.05) is 13.0 Å². The zero-order valence-corrected chi connectivity index (χ0v) is 7.42. The van der Waals surface area contributed by atoms with Crippen molar-refractivity contribution in [2.24, 2.45) is 5.92 Å². The van der Waals surface area contributed by atoms with Gasteiger partial charge in [0.25, 0.3) is 0 Å². The molecule has 3 heteroatoms. The van der Waals surface area contributed by atoms with Crippen LogP contribution in [0.15, 0.2) is 0 Å². The van der Waals surface area contributed by atoms with E-state index >= 15 is 0 Å². The Morgan fingerprint density at radius 2 is 2.09 bits per heavy atom. The number of hydrogen-bond acceptors (Lipinski definition) is 3. The second-order valence-corrected chi connectivity index (χ2v) is 3.07. The van der Waals surface area contributed by atoms with Crippen molar-refractivity contribution >= 4 is 0 Å². The molecule has 1 saturated heterocycles. The maximum atomic E-state index is 5.53. The smallest absolute Gasteiger partial charge is 0.193 e. The van der Waals surface area contributed by atoms with Crippen LogP contribution in [0.4, 0.5) is 0 Å². The summed E-state index contributed by atoms with van der Waals surface area (Å²) < 4.78 is 16.1. The highest BCUT2D eigenvalue weighted by Crippen LogP contribution is 2.25. The minimum Gasteiger partial charge on any atom is -0.373 e. The summed E-state index contributed by atoms with van der Waals surface area (Å²) in [6.07, 6.45) is 0. The molecule has 0 saturated carbocycles. The summed E-state index contributed by atoms with van der Waals surface area (Å²) in [6.45, 7) is 5.99. The number of hydrogen-bond donors (Lipinski definition) is 0. The molecular weight excluding hydrogens is 144 g/mol. The van der Waals surface area contributed by atoms with Gasteiger partial charge < -0.3 is 14.2 Å². The van der Waals surface area contributed by atoms with E-state index in [0.717, 1.165) is 0 Å². The summed E-state index contributed by atoms with van der Waals surface area (Å²) in [6, 6.07) is 0. The Bertz CT molecular complexity index is 117. The summed E-state index contributed by atoms with van der Waals surface area (Å²) in [5, 5.41) is 0. The lowest BCUT2D eigenvalue weighted by molar-refractivity contribution is -0.302. The Labute approximate surface area is 67.6 Å². The quantitative estimate of drug-likeness (QED) is 0.604. The highest BCUT2D eigenvalue weighted by molar-refractivity contribution is 4.75. The Kier molecular flexibility index (Phi) is 2.87. The molecule has 0 radical (unpaired) electrons. The standard InChI is InChI=1S/C8H16O3/c1-7(2)8(9-3)6-10-4-5-11-8/h7H,4-6H2,1-3H3. The maximum Gasteiger partial charge on any atom is 0.193 e. The summed E-state index contributed by atoms with van der Waals surface area (Å²) in [4.78, 5) is 0. The third kappa shape index (κ3) is 1.72. The Morgan fingerprint density at radius 3 is 2.36 bits per heavy atom. The Morgan fingerprint density at radius 1 is 1.36 bits per heavy atom. The van der Waals surface area contributed by atoms with Gasteiger partial charge in [-0.3, -0.25) is 0 Å². The Balaban J connectivity index is 2.57. The molecule has 1 aliphatic heterocycles. The molecule has 0 amide bonds. The van der Waals surface area contributed by atoms with Crippen molar-refractivity contribution in [1.82, 2.24) is 0 Å². The van der Waals surface area contributed by atoms with Gasteiger partial charge in [-0.15, -0.1) is 0 Å². The van der Waals surface area contributed by atoms with E-state index in [9.17, 15) is 0 Å². The molecule has 66 valence electrons. The zero-order chi connectivity index (χ0) is 8.32. The van der Waals surface area contributed by atoms with Gasteiger partial charge in [-0.2, -0.15) is 0 Å². The molecule has 0 aliphatic carbocycles. The van der Waals surface area contributed by atoms with E-state index in [4.69, 9.17) is 14.2 Å². The number of rotatable bonds is 2. The van der Waals surface area contributed by atoms with Crippen LogP contribution < -0.4 is 0 Å². The van der Waals surface area contributed by atoms with Gasteiger partial charge in [0.2, 0.25) is 0 Å². The van der Waals surface area contributed by atoms with E-state index in [1.54, 1.807) is 7.11 Å². The predicted molar refractivity (Wildman–Crippen MR) is 41.3 cm³/mol. The van der Waals surface area contributed by atoms with Crippen molar-refractivity contribution in [2.45, 2.75) is 19.6 Å². The third-order valence-electron chi connectivity index (χ3n) is 2.10. The Hall–Kier alpha value is -0.120. The lowest BCUT2D eigenvalue weighted by Crippen LogP contribution is -2.49. The molecule has 0 spiro atoms. The van der Waals surface area contributed by atoms with Crippen LogP contribution in [0.1, 0.15) is 13.8 Å². The van der Waals surface area contributed by atoms with Gasteiger partial charge in [0.1, 0.15) is 6.61 Å². The molecule has 0 aromatic rings. The van der Waals surface area contributed by atoms with Gasteiger partial charge in [-0.05, 0) is 0 Å². The van der Waals surface area contributed by atoms with Gasteiger partial charge in [-0.1, -0.05) is 13.8 Å². The first kappa shape index (κ1) is 8.97. The zero-order valence-electron chi connectivity index (χ0n) is 7.42. The van der Waals surface area contributed by atoms with Gasteiger partial charge >= 0.3 is 0 Å². The van der Waals surface area contributed by atoms with E-state index in [1.165, 1.54) is 0 Å². The second-order valence-electron chi connectivity index (χ2n) is 3.07. The fourth-order valence-electron chi connectivity index (χ4n) is 1.22. The predicted octanol–water partition coefficient (Wildman–Crippen LogP) is 1.03.